The number of hydrogen-bond acceptors (Lipinski definition) is 3. The summed E-state index contributed by atoms with van der Waals surface area (Å²) in [7, 11) is 0. The van der Waals surface area contributed by atoms with Crippen molar-refractivity contribution in [2.75, 3.05) is 24.5 Å². The fourth-order valence-electron chi connectivity index (χ4n) is 2.04. The molecule has 0 bridgehead atoms. The van der Waals surface area contributed by atoms with Crippen molar-refractivity contribution in [3.05, 3.63) is 29.3 Å². The highest BCUT2D eigenvalue weighted by atomic mass is 35.5. The van der Waals surface area contributed by atoms with Crippen LogP contribution in [0.2, 0.25) is 5.02 Å². The Hall–Kier alpha value is -0.770. The van der Waals surface area contributed by atoms with Crippen LogP contribution in [-0.2, 0) is 4.74 Å². The summed E-state index contributed by atoms with van der Waals surface area (Å²) in [5.74, 6) is 0. The van der Waals surface area contributed by atoms with Gasteiger partial charge in [0.1, 0.15) is 0 Å². The number of morpholine rings is 1. The third kappa shape index (κ3) is 2.67. The van der Waals surface area contributed by atoms with Gasteiger partial charge in [0, 0.05) is 30.3 Å². The van der Waals surface area contributed by atoms with Crippen molar-refractivity contribution in [2.45, 2.75) is 19.1 Å². The summed E-state index contributed by atoms with van der Waals surface area (Å²) in [6.45, 7) is 4.39. The summed E-state index contributed by atoms with van der Waals surface area (Å²) in [5.41, 5.74) is 6.84. The molecule has 1 aliphatic rings. The number of nitrogens with two attached hydrogens (primary N) is 1. The van der Waals surface area contributed by atoms with Gasteiger partial charge in [-0.05, 0) is 31.2 Å². The largest absolute Gasteiger partial charge is 0.370 e. The highest BCUT2D eigenvalue weighted by Crippen LogP contribution is 2.21. The van der Waals surface area contributed by atoms with E-state index in [-0.39, 0.29) is 12.2 Å². The standard InChI is InChI=1S/C12H17ClN2O/c1-9-7-15(8-12(6-14)16-9)11-4-2-10(13)3-5-11/h2-5,9,12H,6-8,14H2,1H3. The molecule has 0 saturated carbocycles. The highest BCUT2D eigenvalue weighted by molar-refractivity contribution is 6.30. The summed E-state index contributed by atoms with van der Waals surface area (Å²) in [6, 6.07) is 7.89. The van der Waals surface area contributed by atoms with E-state index in [0.29, 0.717) is 6.54 Å². The normalized spacial score (nSPS) is 25.8. The number of anilines is 1. The molecule has 0 amide bonds. The summed E-state index contributed by atoms with van der Waals surface area (Å²) in [5, 5.41) is 0.764. The molecule has 1 aromatic rings. The van der Waals surface area contributed by atoms with E-state index in [9.17, 15) is 0 Å². The molecular weight excluding hydrogens is 224 g/mol. The van der Waals surface area contributed by atoms with E-state index in [0.717, 1.165) is 18.1 Å². The summed E-state index contributed by atoms with van der Waals surface area (Å²) >= 11 is 5.87. The smallest absolute Gasteiger partial charge is 0.0876 e. The van der Waals surface area contributed by atoms with Gasteiger partial charge in [-0.25, -0.2) is 0 Å². The number of hydrogen-bond donors (Lipinski definition) is 1. The first kappa shape index (κ1) is 11.7. The Morgan fingerprint density at radius 2 is 2.06 bits per heavy atom. The molecule has 2 unspecified atom stereocenters. The number of benzene rings is 1. The molecule has 1 fully saturated rings. The summed E-state index contributed by atoms with van der Waals surface area (Å²) < 4.78 is 5.72. The Labute approximate surface area is 101 Å². The summed E-state index contributed by atoms with van der Waals surface area (Å²) in [4.78, 5) is 2.29. The van der Waals surface area contributed by atoms with Crippen LogP contribution in [0, 0.1) is 0 Å². The van der Waals surface area contributed by atoms with Gasteiger partial charge in [0.05, 0.1) is 12.2 Å². The van der Waals surface area contributed by atoms with Crippen LogP contribution in [0.25, 0.3) is 0 Å². The second kappa shape index (κ2) is 5.04. The van der Waals surface area contributed by atoms with Gasteiger partial charge in [-0.3, -0.25) is 0 Å². The van der Waals surface area contributed by atoms with Crippen molar-refractivity contribution in [1.29, 1.82) is 0 Å². The Balaban J connectivity index is 2.11. The molecule has 1 heterocycles. The Morgan fingerprint density at radius 1 is 1.38 bits per heavy atom. The van der Waals surface area contributed by atoms with Crippen LogP contribution in [0.3, 0.4) is 0 Å². The third-order valence-corrected chi connectivity index (χ3v) is 3.03. The quantitative estimate of drug-likeness (QED) is 0.858. The molecule has 0 aromatic heterocycles. The molecule has 16 heavy (non-hydrogen) atoms. The lowest BCUT2D eigenvalue weighted by Gasteiger charge is -2.37. The number of nitrogens with zero attached hydrogens (tertiary/aromatic N) is 1. The first-order valence-electron chi connectivity index (χ1n) is 5.55. The molecule has 1 aliphatic heterocycles. The second-order valence-corrected chi connectivity index (χ2v) is 4.62. The zero-order valence-corrected chi connectivity index (χ0v) is 10.2. The van der Waals surface area contributed by atoms with Gasteiger partial charge < -0.3 is 15.4 Å². The van der Waals surface area contributed by atoms with Crippen LogP contribution in [0.5, 0.6) is 0 Å². The van der Waals surface area contributed by atoms with Crippen LogP contribution in [0.15, 0.2) is 24.3 Å². The van der Waals surface area contributed by atoms with Crippen LogP contribution in [-0.4, -0.2) is 31.8 Å². The van der Waals surface area contributed by atoms with E-state index in [1.807, 2.05) is 24.3 Å². The van der Waals surface area contributed by atoms with Crippen molar-refractivity contribution in [1.82, 2.24) is 0 Å². The topological polar surface area (TPSA) is 38.5 Å². The number of halogens is 1. The zero-order chi connectivity index (χ0) is 11.5. The van der Waals surface area contributed by atoms with Gasteiger partial charge in [-0.2, -0.15) is 0 Å². The molecular formula is C12H17ClN2O. The molecule has 0 aliphatic carbocycles. The minimum atomic E-state index is 0.124. The molecule has 1 saturated heterocycles. The van der Waals surface area contributed by atoms with E-state index in [2.05, 4.69) is 11.8 Å². The average molecular weight is 241 g/mol. The molecule has 0 radical (unpaired) electrons. The minimum Gasteiger partial charge on any atom is -0.370 e. The Kier molecular flexibility index (Phi) is 3.69. The van der Waals surface area contributed by atoms with E-state index in [4.69, 9.17) is 22.1 Å². The van der Waals surface area contributed by atoms with Gasteiger partial charge in [-0.1, -0.05) is 11.6 Å². The van der Waals surface area contributed by atoms with Gasteiger partial charge in [0.25, 0.3) is 0 Å². The lowest BCUT2D eigenvalue weighted by atomic mass is 10.2. The number of rotatable bonds is 2. The Morgan fingerprint density at radius 3 is 2.69 bits per heavy atom. The molecule has 4 heteroatoms. The van der Waals surface area contributed by atoms with Crippen molar-refractivity contribution in [3.63, 3.8) is 0 Å². The van der Waals surface area contributed by atoms with Crippen molar-refractivity contribution >= 4 is 17.3 Å². The highest BCUT2D eigenvalue weighted by Gasteiger charge is 2.24. The van der Waals surface area contributed by atoms with Crippen molar-refractivity contribution in [2.24, 2.45) is 5.73 Å². The lowest BCUT2D eigenvalue weighted by Crippen LogP contribution is -2.49. The second-order valence-electron chi connectivity index (χ2n) is 4.19. The van der Waals surface area contributed by atoms with Crippen LogP contribution >= 0.6 is 11.6 Å². The van der Waals surface area contributed by atoms with Crippen LogP contribution in [0.1, 0.15) is 6.92 Å². The number of ether oxygens (including phenoxy) is 1. The molecule has 3 nitrogen and oxygen atoms in total. The molecule has 2 rings (SSSR count). The van der Waals surface area contributed by atoms with Gasteiger partial charge in [0.15, 0.2) is 0 Å². The van der Waals surface area contributed by atoms with Crippen molar-refractivity contribution < 1.29 is 4.74 Å². The molecule has 1 aromatic carbocycles. The fraction of sp³-hybridized carbons (Fsp3) is 0.500. The average Bonchev–Trinajstić information content (AvgIpc) is 2.29. The van der Waals surface area contributed by atoms with E-state index in [1.165, 1.54) is 5.69 Å². The van der Waals surface area contributed by atoms with E-state index in [1.54, 1.807) is 0 Å². The lowest BCUT2D eigenvalue weighted by molar-refractivity contribution is -0.0104. The fourth-order valence-corrected chi connectivity index (χ4v) is 2.16. The first-order chi connectivity index (χ1) is 7.69. The molecule has 0 spiro atoms. The predicted octanol–water partition coefficient (Wildman–Crippen LogP) is 1.89. The minimum absolute atomic E-state index is 0.124. The van der Waals surface area contributed by atoms with Crippen LogP contribution < -0.4 is 10.6 Å². The first-order valence-corrected chi connectivity index (χ1v) is 5.93. The monoisotopic (exact) mass is 240 g/mol. The van der Waals surface area contributed by atoms with Gasteiger partial charge >= 0.3 is 0 Å². The van der Waals surface area contributed by atoms with E-state index < -0.39 is 0 Å². The summed E-state index contributed by atoms with van der Waals surface area (Å²) in [6.07, 6.45) is 0.345. The van der Waals surface area contributed by atoms with E-state index >= 15 is 0 Å². The zero-order valence-electron chi connectivity index (χ0n) is 9.40. The molecule has 2 N–H and O–H groups in total. The van der Waals surface area contributed by atoms with Crippen molar-refractivity contribution in [3.8, 4) is 0 Å². The van der Waals surface area contributed by atoms with Gasteiger partial charge in [0.2, 0.25) is 0 Å². The van der Waals surface area contributed by atoms with Crippen LogP contribution in [0.4, 0.5) is 5.69 Å². The predicted molar refractivity (Wildman–Crippen MR) is 67.1 cm³/mol. The SMILES string of the molecule is CC1CN(c2ccc(Cl)cc2)CC(CN)O1. The maximum atomic E-state index is 5.87. The van der Waals surface area contributed by atoms with Gasteiger partial charge in [-0.15, -0.1) is 0 Å². The maximum absolute atomic E-state index is 5.87. The Bertz CT molecular complexity index is 341. The molecule has 2 atom stereocenters. The molecule has 88 valence electrons. The maximum Gasteiger partial charge on any atom is 0.0876 e. The third-order valence-electron chi connectivity index (χ3n) is 2.78.